The van der Waals surface area contributed by atoms with E-state index in [1.165, 1.54) is 11.3 Å². The first-order chi connectivity index (χ1) is 11.0. The Balaban J connectivity index is 1.89. The Hall–Kier alpha value is -2.28. The third-order valence-corrected chi connectivity index (χ3v) is 3.92. The van der Waals surface area contributed by atoms with Gasteiger partial charge in [-0.3, -0.25) is 0 Å². The zero-order chi connectivity index (χ0) is 16.8. The molecule has 0 unspecified atom stereocenters. The Morgan fingerprint density at radius 3 is 2.78 bits per heavy atom. The van der Waals surface area contributed by atoms with Crippen LogP contribution in [0.5, 0.6) is 5.75 Å². The summed E-state index contributed by atoms with van der Waals surface area (Å²) in [5.41, 5.74) is 2.53. The zero-order valence-corrected chi connectivity index (χ0v) is 14.6. The monoisotopic (exact) mass is 334 g/mol. The number of carbonyl (C=O) groups is 1. The Labute approximate surface area is 140 Å². The molecule has 0 radical (unpaired) electrons. The van der Waals surface area contributed by atoms with Crippen LogP contribution in [0.1, 0.15) is 25.1 Å². The summed E-state index contributed by atoms with van der Waals surface area (Å²) in [6, 6.07) is 5.34. The van der Waals surface area contributed by atoms with E-state index in [2.05, 4.69) is 20.9 Å². The minimum atomic E-state index is -0.260. The molecule has 0 atom stereocenters. The molecular weight excluding hydrogens is 312 g/mol. The Bertz CT molecular complexity index is 670. The lowest BCUT2D eigenvalue weighted by atomic mass is 10.2. The maximum absolute atomic E-state index is 12.0. The quantitative estimate of drug-likeness (QED) is 0.754. The van der Waals surface area contributed by atoms with Crippen LogP contribution in [0, 0.1) is 6.92 Å². The first-order valence-electron chi connectivity index (χ1n) is 7.42. The van der Waals surface area contributed by atoms with Gasteiger partial charge in [0.2, 0.25) is 0 Å². The molecular formula is C16H22N4O2S. The normalized spacial score (nSPS) is 10.5. The number of aromatic nitrogens is 1. The van der Waals surface area contributed by atoms with Crippen LogP contribution < -0.4 is 20.7 Å². The first kappa shape index (κ1) is 17.1. The van der Waals surface area contributed by atoms with Gasteiger partial charge in [0.25, 0.3) is 0 Å². The molecule has 124 valence electrons. The fourth-order valence-electron chi connectivity index (χ4n) is 1.96. The van der Waals surface area contributed by atoms with Crippen LogP contribution in [0.4, 0.5) is 15.6 Å². The van der Waals surface area contributed by atoms with Crippen molar-refractivity contribution in [2.75, 3.05) is 17.7 Å². The molecule has 0 saturated heterocycles. The minimum Gasteiger partial charge on any atom is -0.491 e. The van der Waals surface area contributed by atoms with Gasteiger partial charge in [-0.2, -0.15) is 0 Å². The summed E-state index contributed by atoms with van der Waals surface area (Å²) in [4.78, 5) is 16.3. The maximum Gasteiger partial charge on any atom is 0.319 e. The molecule has 2 rings (SSSR count). The summed E-state index contributed by atoms with van der Waals surface area (Å²) < 4.78 is 5.63. The number of urea groups is 1. The third-order valence-electron chi connectivity index (χ3n) is 3.01. The van der Waals surface area contributed by atoms with E-state index in [4.69, 9.17) is 4.74 Å². The fourth-order valence-corrected chi connectivity index (χ4v) is 2.63. The highest BCUT2D eigenvalue weighted by Crippen LogP contribution is 2.22. The van der Waals surface area contributed by atoms with E-state index in [0.717, 1.165) is 27.8 Å². The fraction of sp³-hybridized carbons (Fsp3) is 0.375. The van der Waals surface area contributed by atoms with Crippen LogP contribution in [0.2, 0.25) is 0 Å². The molecule has 0 aliphatic carbocycles. The molecule has 7 heteroatoms. The Kier molecular flexibility index (Phi) is 5.81. The maximum atomic E-state index is 12.0. The smallest absolute Gasteiger partial charge is 0.319 e. The van der Waals surface area contributed by atoms with Crippen LogP contribution in [-0.2, 0) is 6.54 Å². The highest BCUT2D eigenvalue weighted by molar-refractivity contribution is 7.13. The van der Waals surface area contributed by atoms with Crippen molar-refractivity contribution in [1.29, 1.82) is 0 Å². The standard InChI is InChI=1S/C16H22N4O2S/c1-10(2)22-13-5-6-14(11(3)7-13)20-15(21)18-8-12-9-23-16(17-4)19-12/h5-7,9-10H,8H2,1-4H3,(H,17,19)(H2,18,20,21). The highest BCUT2D eigenvalue weighted by Gasteiger charge is 2.07. The van der Waals surface area contributed by atoms with Gasteiger partial charge >= 0.3 is 6.03 Å². The molecule has 0 saturated carbocycles. The first-order valence-corrected chi connectivity index (χ1v) is 8.30. The number of nitrogens with one attached hydrogen (secondary N) is 3. The molecule has 0 aliphatic rings. The lowest BCUT2D eigenvalue weighted by molar-refractivity contribution is 0.242. The summed E-state index contributed by atoms with van der Waals surface area (Å²) in [5.74, 6) is 0.797. The molecule has 1 heterocycles. The van der Waals surface area contributed by atoms with E-state index < -0.39 is 0 Å². The number of hydrogen-bond donors (Lipinski definition) is 3. The van der Waals surface area contributed by atoms with E-state index in [1.54, 1.807) is 0 Å². The molecule has 3 N–H and O–H groups in total. The zero-order valence-electron chi connectivity index (χ0n) is 13.8. The van der Waals surface area contributed by atoms with Crippen molar-refractivity contribution in [2.45, 2.75) is 33.4 Å². The lowest BCUT2D eigenvalue weighted by Gasteiger charge is -2.13. The number of amides is 2. The highest BCUT2D eigenvalue weighted by atomic mass is 32.1. The number of anilines is 2. The van der Waals surface area contributed by atoms with Crippen molar-refractivity contribution >= 4 is 28.2 Å². The van der Waals surface area contributed by atoms with E-state index in [-0.39, 0.29) is 12.1 Å². The summed E-state index contributed by atoms with van der Waals surface area (Å²) in [5, 5.41) is 11.3. The summed E-state index contributed by atoms with van der Waals surface area (Å²) in [7, 11) is 1.82. The number of rotatable bonds is 6. The average molecular weight is 334 g/mol. The number of nitrogens with zero attached hydrogens (tertiary/aromatic N) is 1. The van der Waals surface area contributed by atoms with Gasteiger partial charge < -0.3 is 20.7 Å². The molecule has 1 aromatic carbocycles. The van der Waals surface area contributed by atoms with E-state index >= 15 is 0 Å². The lowest BCUT2D eigenvalue weighted by Crippen LogP contribution is -2.28. The van der Waals surface area contributed by atoms with Gasteiger partial charge in [0.15, 0.2) is 5.13 Å². The second-order valence-corrected chi connectivity index (χ2v) is 6.20. The van der Waals surface area contributed by atoms with E-state index in [0.29, 0.717) is 6.54 Å². The Morgan fingerprint density at radius 1 is 1.39 bits per heavy atom. The van der Waals surface area contributed by atoms with Gasteiger partial charge in [0, 0.05) is 18.1 Å². The van der Waals surface area contributed by atoms with Crippen molar-refractivity contribution in [3.05, 3.63) is 34.8 Å². The van der Waals surface area contributed by atoms with Crippen LogP contribution in [0.25, 0.3) is 0 Å². The van der Waals surface area contributed by atoms with Gasteiger partial charge in [-0.1, -0.05) is 0 Å². The molecule has 0 aliphatic heterocycles. The molecule has 1 aromatic heterocycles. The van der Waals surface area contributed by atoms with Crippen molar-refractivity contribution in [3.8, 4) is 5.75 Å². The summed E-state index contributed by atoms with van der Waals surface area (Å²) in [6.45, 7) is 6.28. The second-order valence-electron chi connectivity index (χ2n) is 5.35. The summed E-state index contributed by atoms with van der Waals surface area (Å²) in [6.07, 6.45) is 0.122. The molecule has 23 heavy (non-hydrogen) atoms. The van der Waals surface area contributed by atoms with Crippen molar-refractivity contribution in [2.24, 2.45) is 0 Å². The van der Waals surface area contributed by atoms with Crippen LogP contribution in [-0.4, -0.2) is 24.2 Å². The number of thiazole rings is 1. The predicted molar refractivity (Wildman–Crippen MR) is 94.5 cm³/mol. The SMILES string of the molecule is CNc1nc(CNC(=O)Nc2ccc(OC(C)C)cc2C)cs1. The van der Waals surface area contributed by atoms with Gasteiger partial charge in [-0.05, 0) is 44.5 Å². The van der Waals surface area contributed by atoms with Gasteiger partial charge in [0.05, 0.1) is 18.3 Å². The molecule has 0 fully saturated rings. The molecule has 2 amide bonds. The van der Waals surface area contributed by atoms with Crippen molar-refractivity contribution in [1.82, 2.24) is 10.3 Å². The number of ether oxygens (including phenoxy) is 1. The second kappa shape index (κ2) is 7.82. The van der Waals surface area contributed by atoms with Crippen LogP contribution >= 0.6 is 11.3 Å². The van der Waals surface area contributed by atoms with Gasteiger partial charge in [-0.25, -0.2) is 9.78 Å². The van der Waals surface area contributed by atoms with Crippen LogP contribution in [0.3, 0.4) is 0 Å². The largest absolute Gasteiger partial charge is 0.491 e. The molecule has 0 bridgehead atoms. The summed E-state index contributed by atoms with van der Waals surface area (Å²) >= 11 is 1.51. The number of carbonyl (C=O) groups excluding carboxylic acids is 1. The van der Waals surface area contributed by atoms with Crippen molar-refractivity contribution < 1.29 is 9.53 Å². The predicted octanol–water partition coefficient (Wildman–Crippen LogP) is 3.60. The Morgan fingerprint density at radius 2 is 2.17 bits per heavy atom. The number of aryl methyl sites for hydroxylation is 1. The number of benzene rings is 1. The van der Waals surface area contributed by atoms with Gasteiger partial charge in [-0.15, -0.1) is 11.3 Å². The average Bonchev–Trinajstić information content (AvgIpc) is 2.95. The van der Waals surface area contributed by atoms with Crippen LogP contribution in [0.15, 0.2) is 23.6 Å². The molecule has 6 nitrogen and oxygen atoms in total. The van der Waals surface area contributed by atoms with E-state index in [1.807, 2.05) is 51.4 Å². The minimum absolute atomic E-state index is 0.122. The van der Waals surface area contributed by atoms with Crippen molar-refractivity contribution in [3.63, 3.8) is 0 Å². The molecule has 2 aromatic rings. The van der Waals surface area contributed by atoms with Gasteiger partial charge in [0.1, 0.15) is 5.75 Å². The molecule has 0 spiro atoms. The number of hydrogen-bond acceptors (Lipinski definition) is 5. The third kappa shape index (κ3) is 5.14. The van der Waals surface area contributed by atoms with E-state index in [9.17, 15) is 4.79 Å². The topological polar surface area (TPSA) is 75.3 Å².